The minimum atomic E-state index is -0.187. The van der Waals surface area contributed by atoms with E-state index in [0.717, 1.165) is 16.5 Å². The second-order valence-corrected chi connectivity index (χ2v) is 5.28. The second kappa shape index (κ2) is 5.67. The number of rotatable bonds is 4. The van der Waals surface area contributed by atoms with Gasteiger partial charge < -0.3 is 10.3 Å². The lowest BCUT2D eigenvalue weighted by molar-refractivity contribution is 0.598. The zero-order valence-corrected chi connectivity index (χ0v) is 11.8. The van der Waals surface area contributed by atoms with Gasteiger partial charge in [-0.15, -0.1) is 0 Å². The summed E-state index contributed by atoms with van der Waals surface area (Å²) in [5.74, 6) is -0.187. The lowest BCUT2D eigenvalue weighted by atomic mass is 10.1. The summed E-state index contributed by atoms with van der Waals surface area (Å²) in [4.78, 5) is 0. The van der Waals surface area contributed by atoms with E-state index in [1.54, 1.807) is 12.1 Å². The highest BCUT2D eigenvalue weighted by Gasteiger charge is 2.07. The van der Waals surface area contributed by atoms with Crippen LogP contribution in [-0.4, -0.2) is 4.57 Å². The number of nitrogens with two attached hydrogens (primary N) is 1. The Morgan fingerprint density at radius 1 is 1.39 bits per heavy atom. The molecule has 96 valence electrons. The van der Waals surface area contributed by atoms with Gasteiger partial charge in [-0.3, -0.25) is 0 Å². The Labute approximate surface area is 115 Å². The number of hydrogen-bond donors (Lipinski definition) is 1. The summed E-state index contributed by atoms with van der Waals surface area (Å²) >= 11 is 3.35. The van der Waals surface area contributed by atoms with Crippen LogP contribution >= 0.6 is 15.9 Å². The molecule has 0 bridgehead atoms. The van der Waals surface area contributed by atoms with E-state index in [0.29, 0.717) is 12.1 Å². The monoisotopic (exact) mass is 310 g/mol. The number of benzene rings is 1. The zero-order valence-electron chi connectivity index (χ0n) is 10.2. The van der Waals surface area contributed by atoms with Gasteiger partial charge in [0.2, 0.25) is 0 Å². The van der Waals surface area contributed by atoms with Gasteiger partial charge in [0.25, 0.3) is 0 Å². The minimum absolute atomic E-state index is 0.0543. The van der Waals surface area contributed by atoms with E-state index in [1.807, 2.05) is 23.0 Å². The van der Waals surface area contributed by atoms with Gasteiger partial charge in [0.1, 0.15) is 5.82 Å². The summed E-state index contributed by atoms with van der Waals surface area (Å²) in [7, 11) is 0. The zero-order chi connectivity index (χ0) is 13.1. The summed E-state index contributed by atoms with van der Waals surface area (Å²) in [6.07, 6.45) is 4.81. The van der Waals surface area contributed by atoms with Crippen molar-refractivity contribution in [2.45, 2.75) is 25.9 Å². The first-order valence-corrected chi connectivity index (χ1v) is 6.74. The SMILES string of the molecule is CCC(N)c1ccn(Cc2cc(Br)ccc2F)c1. The van der Waals surface area contributed by atoms with Crippen molar-refractivity contribution in [3.8, 4) is 0 Å². The molecule has 18 heavy (non-hydrogen) atoms. The molecule has 2 rings (SSSR count). The lowest BCUT2D eigenvalue weighted by Gasteiger charge is -2.07. The average molecular weight is 311 g/mol. The van der Waals surface area contributed by atoms with E-state index in [2.05, 4.69) is 22.9 Å². The Morgan fingerprint density at radius 3 is 2.89 bits per heavy atom. The normalized spacial score (nSPS) is 12.7. The lowest BCUT2D eigenvalue weighted by Crippen LogP contribution is -2.07. The van der Waals surface area contributed by atoms with Crippen LogP contribution in [0.2, 0.25) is 0 Å². The fourth-order valence-electron chi connectivity index (χ4n) is 1.87. The van der Waals surface area contributed by atoms with Crippen molar-refractivity contribution in [1.82, 2.24) is 4.57 Å². The first-order valence-electron chi connectivity index (χ1n) is 5.95. The third-order valence-electron chi connectivity index (χ3n) is 3.00. The molecule has 0 radical (unpaired) electrons. The summed E-state index contributed by atoms with van der Waals surface area (Å²) in [6.45, 7) is 2.57. The molecule has 1 atom stereocenters. The van der Waals surface area contributed by atoms with Gasteiger partial charge in [0, 0.05) is 35.0 Å². The van der Waals surface area contributed by atoms with Crippen LogP contribution in [0.1, 0.15) is 30.5 Å². The molecule has 0 saturated carbocycles. The van der Waals surface area contributed by atoms with Crippen molar-refractivity contribution in [3.05, 3.63) is 58.1 Å². The smallest absolute Gasteiger partial charge is 0.128 e. The Bertz CT molecular complexity index is 536. The topological polar surface area (TPSA) is 30.9 Å². The molecule has 1 aromatic carbocycles. The van der Waals surface area contributed by atoms with E-state index >= 15 is 0 Å². The summed E-state index contributed by atoms with van der Waals surface area (Å²) in [6, 6.07) is 7.02. The minimum Gasteiger partial charge on any atom is -0.349 e. The average Bonchev–Trinajstić information content (AvgIpc) is 2.81. The van der Waals surface area contributed by atoms with Crippen LogP contribution in [-0.2, 0) is 6.54 Å². The number of halogens is 2. The van der Waals surface area contributed by atoms with Crippen LogP contribution in [0.15, 0.2) is 41.1 Å². The summed E-state index contributed by atoms with van der Waals surface area (Å²) in [5.41, 5.74) is 7.71. The molecule has 0 aliphatic heterocycles. The fourth-order valence-corrected chi connectivity index (χ4v) is 2.28. The molecule has 2 nitrogen and oxygen atoms in total. The third-order valence-corrected chi connectivity index (χ3v) is 3.50. The maximum atomic E-state index is 13.6. The predicted octanol–water partition coefficient (Wildman–Crippen LogP) is 3.85. The van der Waals surface area contributed by atoms with Crippen molar-refractivity contribution < 1.29 is 4.39 Å². The van der Waals surface area contributed by atoms with Crippen molar-refractivity contribution in [3.63, 3.8) is 0 Å². The summed E-state index contributed by atoms with van der Waals surface area (Å²) < 4.78 is 16.5. The van der Waals surface area contributed by atoms with Crippen LogP contribution in [0.3, 0.4) is 0 Å². The molecule has 0 amide bonds. The number of aromatic nitrogens is 1. The Kier molecular flexibility index (Phi) is 4.19. The quantitative estimate of drug-likeness (QED) is 0.913. The van der Waals surface area contributed by atoms with Gasteiger partial charge in [0.15, 0.2) is 0 Å². The molecule has 0 aliphatic carbocycles. The molecule has 0 fully saturated rings. The van der Waals surface area contributed by atoms with Crippen molar-refractivity contribution in [2.75, 3.05) is 0 Å². The van der Waals surface area contributed by atoms with Gasteiger partial charge in [-0.1, -0.05) is 22.9 Å². The van der Waals surface area contributed by atoms with Gasteiger partial charge in [-0.2, -0.15) is 0 Å². The molecule has 0 spiro atoms. The molecule has 0 aliphatic rings. The maximum Gasteiger partial charge on any atom is 0.128 e. The van der Waals surface area contributed by atoms with Crippen LogP contribution in [0.4, 0.5) is 4.39 Å². The first kappa shape index (κ1) is 13.3. The molecule has 4 heteroatoms. The molecule has 2 aromatic rings. The Hall–Kier alpha value is -1.13. The van der Waals surface area contributed by atoms with Crippen LogP contribution in [0.5, 0.6) is 0 Å². The van der Waals surface area contributed by atoms with Gasteiger partial charge in [-0.25, -0.2) is 4.39 Å². The van der Waals surface area contributed by atoms with Crippen molar-refractivity contribution in [2.24, 2.45) is 5.73 Å². The molecule has 2 N–H and O–H groups in total. The van der Waals surface area contributed by atoms with E-state index in [1.165, 1.54) is 6.07 Å². The van der Waals surface area contributed by atoms with E-state index in [-0.39, 0.29) is 11.9 Å². The Morgan fingerprint density at radius 2 is 2.17 bits per heavy atom. The highest BCUT2D eigenvalue weighted by molar-refractivity contribution is 9.10. The van der Waals surface area contributed by atoms with E-state index < -0.39 is 0 Å². The Balaban J connectivity index is 2.18. The molecule has 1 heterocycles. The fraction of sp³-hybridized carbons (Fsp3) is 0.286. The molecule has 1 aromatic heterocycles. The highest BCUT2D eigenvalue weighted by Crippen LogP contribution is 2.18. The second-order valence-electron chi connectivity index (χ2n) is 4.37. The maximum absolute atomic E-state index is 13.6. The van der Waals surface area contributed by atoms with Crippen LogP contribution < -0.4 is 5.73 Å². The van der Waals surface area contributed by atoms with Crippen molar-refractivity contribution >= 4 is 15.9 Å². The number of nitrogens with zero attached hydrogens (tertiary/aromatic N) is 1. The molecule has 1 unspecified atom stereocenters. The van der Waals surface area contributed by atoms with Gasteiger partial charge in [-0.05, 0) is 36.2 Å². The third kappa shape index (κ3) is 3.00. The van der Waals surface area contributed by atoms with Crippen LogP contribution in [0.25, 0.3) is 0 Å². The standard InChI is InChI=1S/C14H16BrFN2/c1-2-14(17)10-5-6-18(8-10)9-11-7-12(15)3-4-13(11)16/h3-8,14H,2,9,17H2,1H3. The molecular formula is C14H16BrFN2. The first-order chi connectivity index (χ1) is 8.60. The van der Waals surface area contributed by atoms with E-state index in [9.17, 15) is 4.39 Å². The largest absolute Gasteiger partial charge is 0.349 e. The van der Waals surface area contributed by atoms with Gasteiger partial charge >= 0.3 is 0 Å². The van der Waals surface area contributed by atoms with Crippen molar-refractivity contribution in [1.29, 1.82) is 0 Å². The van der Waals surface area contributed by atoms with Gasteiger partial charge in [0.05, 0.1) is 0 Å². The number of hydrogen-bond acceptors (Lipinski definition) is 1. The van der Waals surface area contributed by atoms with Crippen LogP contribution in [0, 0.1) is 5.82 Å². The highest BCUT2D eigenvalue weighted by atomic mass is 79.9. The molecular weight excluding hydrogens is 295 g/mol. The molecule has 0 saturated heterocycles. The van der Waals surface area contributed by atoms with E-state index in [4.69, 9.17) is 5.73 Å². The summed E-state index contributed by atoms with van der Waals surface area (Å²) in [5, 5.41) is 0. The predicted molar refractivity (Wildman–Crippen MR) is 74.9 cm³/mol.